The maximum absolute atomic E-state index is 12.6. The third-order valence-corrected chi connectivity index (χ3v) is 4.49. The highest BCUT2D eigenvalue weighted by atomic mass is 35.5. The Morgan fingerprint density at radius 3 is 2.75 bits per heavy atom. The molecule has 1 heterocycles. The summed E-state index contributed by atoms with van der Waals surface area (Å²) in [6.45, 7) is 1.95. The first-order valence-electron chi connectivity index (χ1n) is 7.81. The van der Waals surface area contributed by atoms with Gasteiger partial charge in [0.25, 0.3) is 0 Å². The number of hydrogen-bond donors (Lipinski definition) is 0. The highest BCUT2D eigenvalue weighted by Gasteiger charge is 2.40. The summed E-state index contributed by atoms with van der Waals surface area (Å²) in [4.78, 5) is 25.0. The second-order valence-electron chi connectivity index (χ2n) is 5.61. The minimum Gasteiger partial charge on any atom is -0.465 e. The number of esters is 1. The quantitative estimate of drug-likeness (QED) is 0.614. The maximum atomic E-state index is 12.6. The van der Waals surface area contributed by atoms with Crippen LogP contribution in [0.2, 0.25) is 5.02 Å². The van der Waals surface area contributed by atoms with Crippen LogP contribution in [-0.2, 0) is 14.3 Å². The summed E-state index contributed by atoms with van der Waals surface area (Å²) in [5.74, 6) is -1.43. The van der Waals surface area contributed by atoms with Crippen LogP contribution in [0.25, 0.3) is 5.57 Å². The van der Waals surface area contributed by atoms with Crippen LogP contribution in [0.5, 0.6) is 0 Å². The summed E-state index contributed by atoms with van der Waals surface area (Å²) in [6.07, 6.45) is 3.52. The van der Waals surface area contributed by atoms with E-state index < -0.39 is 11.9 Å². The second kappa shape index (κ2) is 7.05. The number of benzene rings is 1. The van der Waals surface area contributed by atoms with E-state index in [-0.39, 0.29) is 18.3 Å². The molecule has 0 aliphatic heterocycles. The van der Waals surface area contributed by atoms with E-state index in [9.17, 15) is 9.59 Å². The Morgan fingerprint density at radius 2 is 2.08 bits per heavy atom. The number of allylic oxidation sites excluding steroid dienone is 2. The van der Waals surface area contributed by atoms with Gasteiger partial charge in [0.05, 0.1) is 12.9 Å². The highest BCUT2D eigenvalue weighted by molar-refractivity contribution is 6.31. The molecule has 0 unspecified atom stereocenters. The van der Waals surface area contributed by atoms with Gasteiger partial charge in [-0.1, -0.05) is 29.8 Å². The molecule has 0 radical (unpaired) electrons. The minimum absolute atomic E-state index is 0.229. The third kappa shape index (κ3) is 3.15. The predicted molar refractivity (Wildman–Crippen MR) is 90.6 cm³/mol. The van der Waals surface area contributed by atoms with Crippen LogP contribution >= 0.6 is 11.6 Å². The molecule has 1 aromatic carbocycles. The summed E-state index contributed by atoms with van der Waals surface area (Å²) >= 11 is 6.32. The summed E-state index contributed by atoms with van der Waals surface area (Å²) in [7, 11) is 0. The average Bonchev–Trinajstić information content (AvgIpc) is 3.09. The monoisotopic (exact) mass is 344 g/mol. The summed E-state index contributed by atoms with van der Waals surface area (Å²) in [5, 5.41) is 0.533. The van der Waals surface area contributed by atoms with Crippen molar-refractivity contribution in [1.29, 1.82) is 0 Å². The van der Waals surface area contributed by atoms with Gasteiger partial charge in [0.2, 0.25) is 0 Å². The van der Waals surface area contributed by atoms with Gasteiger partial charge >= 0.3 is 5.97 Å². The maximum Gasteiger partial charge on any atom is 0.317 e. The van der Waals surface area contributed by atoms with E-state index in [1.807, 2.05) is 18.2 Å². The Balaban J connectivity index is 2.04. The molecule has 4 nitrogen and oxygen atoms in total. The molecule has 3 rings (SSSR count). The second-order valence-corrected chi connectivity index (χ2v) is 6.02. The number of ether oxygens (including phenoxy) is 1. The summed E-state index contributed by atoms with van der Waals surface area (Å²) in [5.41, 5.74) is 1.53. The smallest absolute Gasteiger partial charge is 0.317 e. The molecule has 1 aromatic heterocycles. The van der Waals surface area contributed by atoms with Crippen LogP contribution in [0.15, 0.2) is 53.2 Å². The Labute approximate surface area is 145 Å². The van der Waals surface area contributed by atoms with E-state index in [1.54, 1.807) is 31.4 Å². The van der Waals surface area contributed by atoms with Crippen LogP contribution in [0.1, 0.15) is 30.6 Å². The molecule has 124 valence electrons. The lowest BCUT2D eigenvalue weighted by Gasteiger charge is -2.29. The van der Waals surface area contributed by atoms with Crippen molar-refractivity contribution in [3.8, 4) is 0 Å². The number of hydrogen-bond acceptors (Lipinski definition) is 4. The van der Waals surface area contributed by atoms with E-state index in [1.165, 1.54) is 6.08 Å². The number of carbonyl (C=O) groups is 2. The largest absolute Gasteiger partial charge is 0.465 e. The number of halogens is 1. The van der Waals surface area contributed by atoms with Gasteiger partial charge in [-0.2, -0.15) is 0 Å². The lowest BCUT2D eigenvalue weighted by molar-refractivity contribution is -0.151. The molecular weight excluding hydrogens is 328 g/mol. The Kier molecular flexibility index (Phi) is 4.86. The molecule has 2 aromatic rings. The van der Waals surface area contributed by atoms with Gasteiger partial charge in [0, 0.05) is 10.9 Å². The predicted octanol–water partition coefficient (Wildman–Crippen LogP) is 4.25. The Morgan fingerprint density at radius 1 is 1.29 bits per heavy atom. The fourth-order valence-corrected chi connectivity index (χ4v) is 3.36. The number of rotatable bonds is 4. The highest BCUT2D eigenvalue weighted by Crippen LogP contribution is 2.42. The first-order valence-corrected chi connectivity index (χ1v) is 8.19. The van der Waals surface area contributed by atoms with Crippen molar-refractivity contribution in [2.75, 3.05) is 6.61 Å². The van der Waals surface area contributed by atoms with Gasteiger partial charge in [0.1, 0.15) is 11.7 Å². The molecule has 1 aliphatic carbocycles. The first-order chi connectivity index (χ1) is 11.6. The zero-order valence-corrected chi connectivity index (χ0v) is 14.0. The Hall–Kier alpha value is -2.33. The van der Waals surface area contributed by atoms with Crippen molar-refractivity contribution >= 4 is 28.9 Å². The van der Waals surface area contributed by atoms with Crippen molar-refractivity contribution in [2.24, 2.45) is 5.92 Å². The molecule has 0 bridgehead atoms. The van der Waals surface area contributed by atoms with E-state index >= 15 is 0 Å². The lowest BCUT2D eigenvalue weighted by atomic mass is 9.74. The Bertz CT molecular complexity index is 776. The van der Waals surface area contributed by atoms with Crippen LogP contribution in [0.4, 0.5) is 0 Å². The molecule has 24 heavy (non-hydrogen) atoms. The average molecular weight is 345 g/mol. The SMILES string of the molecule is CCOC(=O)[C@H]1C(=O)C=C(c2ccco2)C[C@@H]1c1ccccc1Cl. The molecule has 0 spiro atoms. The van der Waals surface area contributed by atoms with Gasteiger partial charge in [-0.25, -0.2) is 0 Å². The zero-order valence-electron chi connectivity index (χ0n) is 13.2. The number of ketones is 1. The molecular formula is C19H17ClO4. The minimum atomic E-state index is -0.886. The van der Waals surface area contributed by atoms with Gasteiger partial charge in [-0.15, -0.1) is 0 Å². The van der Waals surface area contributed by atoms with Crippen LogP contribution in [0, 0.1) is 5.92 Å². The number of carbonyl (C=O) groups excluding carboxylic acids is 2. The summed E-state index contributed by atoms with van der Waals surface area (Å²) < 4.78 is 10.5. The standard InChI is InChI=1S/C19H17ClO4/c1-2-23-19(22)18-14(13-6-3-4-7-15(13)20)10-12(11-16(18)21)17-8-5-9-24-17/h3-9,11,14,18H,2,10H2,1H3/t14-,18-/m1/s1. The molecule has 0 amide bonds. The fourth-order valence-electron chi connectivity index (χ4n) is 3.08. The van der Waals surface area contributed by atoms with E-state index in [0.717, 1.165) is 11.1 Å². The molecule has 1 aliphatic rings. The third-order valence-electron chi connectivity index (χ3n) is 4.15. The molecule has 5 heteroatoms. The van der Waals surface area contributed by atoms with Crippen molar-refractivity contribution < 1.29 is 18.7 Å². The van der Waals surface area contributed by atoms with Crippen molar-refractivity contribution in [3.05, 3.63) is 65.1 Å². The van der Waals surface area contributed by atoms with Crippen LogP contribution in [-0.4, -0.2) is 18.4 Å². The van der Waals surface area contributed by atoms with Gasteiger partial charge in [0.15, 0.2) is 5.78 Å². The van der Waals surface area contributed by atoms with E-state index in [2.05, 4.69) is 0 Å². The van der Waals surface area contributed by atoms with Gasteiger partial charge in [-0.05, 0) is 48.8 Å². The normalized spacial score (nSPS) is 20.6. The molecule has 0 saturated heterocycles. The first kappa shape index (κ1) is 16.5. The van der Waals surface area contributed by atoms with Gasteiger partial charge < -0.3 is 9.15 Å². The lowest BCUT2D eigenvalue weighted by Crippen LogP contribution is -2.34. The summed E-state index contributed by atoms with van der Waals surface area (Å²) in [6, 6.07) is 10.8. The van der Waals surface area contributed by atoms with Gasteiger partial charge in [-0.3, -0.25) is 9.59 Å². The zero-order chi connectivity index (χ0) is 17.1. The molecule has 0 N–H and O–H groups in total. The van der Waals surface area contributed by atoms with Crippen LogP contribution in [0.3, 0.4) is 0 Å². The van der Waals surface area contributed by atoms with E-state index in [0.29, 0.717) is 17.2 Å². The fraction of sp³-hybridized carbons (Fsp3) is 0.263. The van der Waals surface area contributed by atoms with Crippen molar-refractivity contribution in [1.82, 2.24) is 0 Å². The number of furan rings is 1. The molecule has 2 atom stereocenters. The molecule has 0 saturated carbocycles. The van der Waals surface area contributed by atoms with E-state index in [4.69, 9.17) is 20.8 Å². The van der Waals surface area contributed by atoms with Crippen LogP contribution < -0.4 is 0 Å². The van der Waals surface area contributed by atoms with Crippen molar-refractivity contribution in [2.45, 2.75) is 19.3 Å². The van der Waals surface area contributed by atoms with Crippen molar-refractivity contribution in [3.63, 3.8) is 0 Å². The molecule has 0 fully saturated rings. The topological polar surface area (TPSA) is 56.5 Å².